The van der Waals surface area contributed by atoms with E-state index in [4.69, 9.17) is 14.2 Å². The number of rotatable bonds is 50. The molecular formula is C57H104O5. The van der Waals surface area contributed by atoms with Gasteiger partial charge in [0.2, 0.25) is 0 Å². The molecule has 362 valence electrons. The molecule has 5 heteroatoms. The molecule has 0 amide bonds. The van der Waals surface area contributed by atoms with Gasteiger partial charge in [0.25, 0.3) is 0 Å². The predicted molar refractivity (Wildman–Crippen MR) is 270 cm³/mol. The number of carbonyl (C=O) groups is 2. The van der Waals surface area contributed by atoms with E-state index in [-0.39, 0.29) is 25.2 Å². The Morgan fingerprint density at radius 2 is 0.677 bits per heavy atom. The van der Waals surface area contributed by atoms with Crippen molar-refractivity contribution in [1.29, 1.82) is 0 Å². The zero-order chi connectivity index (χ0) is 44.9. The van der Waals surface area contributed by atoms with E-state index in [0.717, 1.165) is 57.8 Å². The second kappa shape index (κ2) is 53.2. The van der Waals surface area contributed by atoms with Gasteiger partial charge >= 0.3 is 11.9 Å². The largest absolute Gasteiger partial charge is 0.462 e. The number of esters is 2. The highest BCUT2D eigenvalue weighted by atomic mass is 16.6. The summed E-state index contributed by atoms with van der Waals surface area (Å²) in [5.41, 5.74) is 0. The maximum absolute atomic E-state index is 12.8. The molecule has 5 nitrogen and oxygen atoms in total. The van der Waals surface area contributed by atoms with Crippen LogP contribution in [0.15, 0.2) is 48.6 Å². The quantitative estimate of drug-likeness (QED) is 0.0346. The van der Waals surface area contributed by atoms with Crippen molar-refractivity contribution in [3.63, 3.8) is 0 Å². The second-order valence-corrected chi connectivity index (χ2v) is 18.1. The minimum absolute atomic E-state index is 0.0767. The molecule has 62 heavy (non-hydrogen) atoms. The van der Waals surface area contributed by atoms with E-state index in [1.807, 2.05) is 0 Å². The fraction of sp³-hybridized carbons (Fsp3) is 0.825. The lowest BCUT2D eigenvalue weighted by Gasteiger charge is -2.18. The lowest BCUT2D eigenvalue weighted by molar-refractivity contribution is -0.163. The van der Waals surface area contributed by atoms with E-state index in [0.29, 0.717) is 19.4 Å². The van der Waals surface area contributed by atoms with Crippen LogP contribution in [0.3, 0.4) is 0 Å². The first-order valence-corrected chi connectivity index (χ1v) is 27.2. The van der Waals surface area contributed by atoms with Gasteiger partial charge in [0.15, 0.2) is 6.10 Å². The molecule has 0 aliphatic heterocycles. The summed E-state index contributed by atoms with van der Waals surface area (Å²) in [6.07, 6.45) is 65.4. The Bertz CT molecular complexity index is 1030. The highest BCUT2D eigenvalue weighted by Crippen LogP contribution is 2.14. The summed E-state index contributed by atoms with van der Waals surface area (Å²) in [6.45, 7) is 7.79. The van der Waals surface area contributed by atoms with Gasteiger partial charge in [-0.25, -0.2) is 0 Å². The number of allylic oxidation sites excluding steroid dienone is 8. The van der Waals surface area contributed by atoms with Gasteiger partial charge < -0.3 is 14.2 Å². The van der Waals surface area contributed by atoms with E-state index in [1.54, 1.807) is 0 Å². The highest BCUT2D eigenvalue weighted by Gasteiger charge is 2.17. The zero-order valence-corrected chi connectivity index (χ0v) is 41.6. The first kappa shape index (κ1) is 59.9. The third-order valence-corrected chi connectivity index (χ3v) is 11.8. The number of ether oxygens (including phenoxy) is 3. The topological polar surface area (TPSA) is 61.8 Å². The summed E-state index contributed by atoms with van der Waals surface area (Å²) >= 11 is 0. The van der Waals surface area contributed by atoms with Crippen molar-refractivity contribution in [3.8, 4) is 0 Å². The smallest absolute Gasteiger partial charge is 0.306 e. The first-order valence-electron chi connectivity index (χ1n) is 27.2. The van der Waals surface area contributed by atoms with Crippen LogP contribution in [0.4, 0.5) is 0 Å². The number of unbranched alkanes of at least 4 members (excludes halogenated alkanes) is 31. The molecule has 0 aliphatic carbocycles. The molecule has 0 heterocycles. The van der Waals surface area contributed by atoms with Crippen molar-refractivity contribution in [2.24, 2.45) is 0 Å². The number of hydrogen-bond donors (Lipinski definition) is 0. The normalized spacial score (nSPS) is 12.5. The predicted octanol–water partition coefficient (Wildman–Crippen LogP) is 18.3. The molecule has 1 unspecified atom stereocenters. The van der Waals surface area contributed by atoms with Crippen molar-refractivity contribution >= 4 is 11.9 Å². The van der Waals surface area contributed by atoms with E-state index < -0.39 is 6.10 Å². The van der Waals surface area contributed by atoms with Crippen LogP contribution in [0, 0.1) is 0 Å². The average Bonchev–Trinajstić information content (AvgIpc) is 3.27. The minimum atomic E-state index is -0.547. The molecule has 1 atom stereocenters. The molecule has 0 saturated heterocycles. The van der Waals surface area contributed by atoms with Gasteiger partial charge in [-0.15, -0.1) is 0 Å². The van der Waals surface area contributed by atoms with Crippen LogP contribution in [0.25, 0.3) is 0 Å². The minimum Gasteiger partial charge on any atom is -0.462 e. The van der Waals surface area contributed by atoms with E-state index in [2.05, 4.69) is 69.4 Å². The third kappa shape index (κ3) is 50.5. The molecule has 0 N–H and O–H groups in total. The van der Waals surface area contributed by atoms with Gasteiger partial charge in [0, 0.05) is 19.4 Å². The van der Waals surface area contributed by atoms with Gasteiger partial charge in [0.1, 0.15) is 6.61 Å². The summed E-state index contributed by atoms with van der Waals surface area (Å²) < 4.78 is 17.4. The van der Waals surface area contributed by atoms with Gasteiger partial charge in [-0.05, 0) is 103 Å². The average molecular weight is 869 g/mol. The Kier molecular flexibility index (Phi) is 51.4. The molecule has 0 bridgehead atoms. The van der Waals surface area contributed by atoms with Crippen molar-refractivity contribution in [2.75, 3.05) is 19.8 Å². The van der Waals surface area contributed by atoms with Crippen LogP contribution in [0.2, 0.25) is 0 Å². The van der Waals surface area contributed by atoms with Crippen LogP contribution in [0.1, 0.15) is 278 Å². The van der Waals surface area contributed by atoms with Crippen molar-refractivity contribution in [1.82, 2.24) is 0 Å². The molecule has 0 fully saturated rings. The molecule has 0 saturated carbocycles. The molecule has 0 aromatic carbocycles. The fourth-order valence-corrected chi connectivity index (χ4v) is 7.71. The monoisotopic (exact) mass is 869 g/mol. The van der Waals surface area contributed by atoms with Gasteiger partial charge in [-0.3, -0.25) is 9.59 Å². The standard InChI is InChI=1S/C57H104O5/c1-4-7-10-13-16-19-22-25-28-29-31-32-35-38-41-44-47-50-56(58)61-54-55(53-60-52-49-46-43-40-37-34-27-24-21-18-15-12-9-6-3)62-57(59)51-48-45-42-39-36-33-30-26-23-20-17-14-11-8-5-2/h17,20-21,24-26,28,30,55H,4-16,18-19,22-23,27,29,31-54H2,1-3H3/b20-17-,24-21-,28-25-,30-26-. The van der Waals surface area contributed by atoms with Crippen molar-refractivity contribution in [3.05, 3.63) is 48.6 Å². The van der Waals surface area contributed by atoms with Gasteiger partial charge in [0.05, 0.1) is 6.61 Å². The summed E-state index contributed by atoms with van der Waals surface area (Å²) in [7, 11) is 0. The summed E-state index contributed by atoms with van der Waals surface area (Å²) in [5, 5.41) is 0. The first-order chi connectivity index (χ1) is 30.6. The van der Waals surface area contributed by atoms with Crippen LogP contribution < -0.4 is 0 Å². The molecule has 0 rings (SSSR count). The number of hydrogen-bond acceptors (Lipinski definition) is 5. The maximum atomic E-state index is 12.8. The van der Waals surface area contributed by atoms with Gasteiger partial charge in [-0.1, -0.05) is 211 Å². The molecular weight excluding hydrogens is 765 g/mol. The Balaban J connectivity index is 4.28. The molecule has 0 spiro atoms. The van der Waals surface area contributed by atoms with Crippen LogP contribution in [0.5, 0.6) is 0 Å². The molecule has 0 aliphatic rings. The molecule has 0 aromatic rings. The zero-order valence-electron chi connectivity index (χ0n) is 41.6. The van der Waals surface area contributed by atoms with E-state index >= 15 is 0 Å². The van der Waals surface area contributed by atoms with Gasteiger partial charge in [-0.2, -0.15) is 0 Å². The Morgan fingerprint density at radius 3 is 1.13 bits per heavy atom. The van der Waals surface area contributed by atoms with Crippen LogP contribution >= 0.6 is 0 Å². The Labute approximate surface area is 386 Å². The van der Waals surface area contributed by atoms with E-state index in [1.165, 1.54) is 186 Å². The Morgan fingerprint density at radius 1 is 0.355 bits per heavy atom. The van der Waals surface area contributed by atoms with Crippen molar-refractivity contribution in [2.45, 2.75) is 284 Å². The fourth-order valence-electron chi connectivity index (χ4n) is 7.71. The summed E-state index contributed by atoms with van der Waals surface area (Å²) in [4.78, 5) is 25.4. The SMILES string of the molecule is CCCCC/C=C\C/C=C\CCCCCCCC(=O)OC(COCCCCCCCC/C=C\CCCCCC)COC(=O)CCCCCCCCC/C=C\CCCCCCCC. The van der Waals surface area contributed by atoms with Crippen molar-refractivity contribution < 1.29 is 23.8 Å². The second-order valence-electron chi connectivity index (χ2n) is 18.1. The van der Waals surface area contributed by atoms with Crippen LogP contribution in [-0.4, -0.2) is 37.9 Å². The molecule has 0 aromatic heterocycles. The molecule has 0 radical (unpaired) electrons. The lowest BCUT2D eigenvalue weighted by atomic mass is 10.1. The lowest BCUT2D eigenvalue weighted by Crippen LogP contribution is -2.30. The maximum Gasteiger partial charge on any atom is 0.306 e. The highest BCUT2D eigenvalue weighted by molar-refractivity contribution is 5.70. The summed E-state index contributed by atoms with van der Waals surface area (Å²) in [6, 6.07) is 0. The summed E-state index contributed by atoms with van der Waals surface area (Å²) in [5.74, 6) is -0.411. The third-order valence-electron chi connectivity index (χ3n) is 11.8. The number of carbonyl (C=O) groups excluding carboxylic acids is 2. The Hall–Kier alpha value is -2.14. The van der Waals surface area contributed by atoms with Crippen LogP contribution in [-0.2, 0) is 23.8 Å². The van der Waals surface area contributed by atoms with E-state index in [9.17, 15) is 9.59 Å².